The van der Waals surface area contributed by atoms with Crippen molar-refractivity contribution in [1.82, 2.24) is 0 Å². The van der Waals surface area contributed by atoms with Gasteiger partial charge < -0.3 is 0 Å². The Labute approximate surface area is 102 Å². The molecule has 17 heavy (non-hydrogen) atoms. The molecule has 0 N–H and O–H groups in total. The molecule has 0 aliphatic carbocycles. The molecular weight excluding hydrogens is 208 g/mol. The molecule has 0 atom stereocenters. The molecule has 0 fully saturated rings. The second-order valence-electron chi connectivity index (χ2n) is 4.65. The van der Waals surface area contributed by atoms with E-state index in [2.05, 4.69) is 58.8 Å². The number of fused-ring (bicyclic) bond motifs is 3. The van der Waals surface area contributed by atoms with Crippen LogP contribution in [0.5, 0.6) is 0 Å². The van der Waals surface area contributed by atoms with E-state index >= 15 is 0 Å². The van der Waals surface area contributed by atoms with Gasteiger partial charge in [0.1, 0.15) is 0 Å². The van der Waals surface area contributed by atoms with Crippen LogP contribution in [-0.4, -0.2) is 0 Å². The first-order valence-electron chi connectivity index (χ1n) is 6.39. The maximum atomic E-state index is 2.39. The summed E-state index contributed by atoms with van der Waals surface area (Å²) in [4.78, 5) is 0. The van der Waals surface area contributed by atoms with E-state index in [0.717, 1.165) is 13.1 Å². The van der Waals surface area contributed by atoms with Gasteiger partial charge in [0.2, 0.25) is 13.1 Å². The predicted octanol–water partition coefficient (Wildman–Crippen LogP) is 1.89. The van der Waals surface area contributed by atoms with Crippen molar-refractivity contribution in [3.63, 3.8) is 0 Å². The van der Waals surface area contributed by atoms with E-state index < -0.39 is 0 Å². The van der Waals surface area contributed by atoms with Gasteiger partial charge in [-0.1, -0.05) is 13.3 Å². The van der Waals surface area contributed by atoms with E-state index in [1.165, 1.54) is 29.8 Å². The molecule has 0 aromatic carbocycles. The van der Waals surface area contributed by atoms with Crippen LogP contribution in [0, 0.1) is 0 Å². The molecule has 1 aliphatic heterocycles. The summed E-state index contributed by atoms with van der Waals surface area (Å²) >= 11 is 0. The third kappa shape index (κ3) is 1.84. The van der Waals surface area contributed by atoms with Gasteiger partial charge in [-0.2, -0.15) is 9.13 Å². The average Bonchev–Trinajstić information content (AvgIpc) is 2.39. The van der Waals surface area contributed by atoms with Crippen LogP contribution in [0.15, 0.2) is 42.7 Å². The molecule has 2 aromatic rings. The first-order chi connectivity index (χ1) is 8.38. The number of aromatic nitrogens is 2. The van der Waals surface area contributed by atoms with E-state index in [1.807, 2.05) is 0 Å². The summed E-state index contributed by atoms with van der Waals surface area (Å²) in [7, 11) is 0. The fourth-order valence-corrected chi connectivity index (χ4v) is 2.57. The summed E-state index contributed by atoms with van der Waals surface area (Å²) in [5, 5.41) is 0. The highest BCUT2D eigenvalue weighted by Gasteiger charge is 2.28. The lowest BCUT2D eigenvalue weighted by Crippen LogP contribution is -2.53. The molecule has 3 rings (SSSR count). The predicted molar refractivity (Wildman–Crippen MR) is 66.3 cm³/mol. The minimum absolute atomic E-state index is 1.07. The molecule has 1 aliphatic rings. The molecule has 2 aromatic heterocycles. The summed E-state index contributed by atoms with van der Waals surface area (Å²) < 4.78 is 4.72. The van der Waals surface area contributed by atoms with Crippen LogP contribution >= 0.6 is 0 Å². The number of pyridine rings is 2. The summed E-state index contributed by atoms with van der Waals surface area (Å²) in [6.45, 7) is 4.38. The van der Waals surface area contributed by atoms with Gasteiger partial charge in [0, 0.05) is 23.8 Å². The van der Waals surface area contributed by atoms with Crippen molar-refractivity contribution in [3.05, 3.63) is 48.3 Å². The minimum Gasteiger partial charge on any atom is -0.187 e. The Bertz CT molecular complexity index is 546. The lowest BCUT2D eigenvalue weighted by Gasteiger charge is -2.10. The van der Waals surface area contributed by atoms with Crippen LogP contribution in [0.2, 0.25) is 0 Å². The van der Waals surface area contributed by atoms with E-state index in [1.54, 1.807) is 0 Å². The molecule has 0 bridgehead atoms. The van der Waals surface area contributed by atoms with E-state index in [0.29, 0.717) is 0 Å². The first kappa shape index (κ1) is 10.5. The fourth-order valence-electron chi connectivity index (χ4n) is 2.57. The van der Waals surface area contributed by atoms with Gasteiger partial charge in [-0.25, -0.2) is 0 Å². The smallest absolute Gasteiger partial charge is 0.187 e. The molecule has 0 spiro atoms. The number of hydrogen-bond donors (Lipinski definition) is 0. The average molecular weight is 226 g/mol. The van der Waals surface area contributed by atoms with Crippen LogP contribution in [0.1, 0.15) is 18.9 Å². The number of hydrogen-bond acceptors (Lipinski definition) is 0. The zero-order valence-electron chi connectivity index (χ0n) is 10.3. The highest BCUT2D eigenvalue weighted by molar-refractivity contribution is 5.46. The Morgan fingerprint density at radius 3 is 2.71 bits per heavy atom. The third-order valence-corrected chi connectivity index (χ3v) is 3.41. The van der Waals surface area contributed by atoms with E-state index in [4.69, 9.17) is 0 Å². The third-order valence-electron chi connectivity index (χ3n) is 3.41. The van der Waals surface area contributed by atoms with Gasteiger partial charge in [0.05, 0.1) is 0 Å². The lowest BCUT2D eigenvalue weighted by atomic mass is 10.1. The van der Waals surface area contributed by atoms with Crippen molar-refractivity contribution < 1.29 is 9.13 Å². The molecule has 0 unspecified atom stereocenters. The van der Waals surface area contributed by atoms with Crippen molar-refractivity contribution in [2.75, 3.05) is 0 Å². The fraction of sp³-hybridized carbons (Fsp3) is 0.333. The van der Waals surface area contributed by atoms with Gasteiger partial charge >= 0.3 is 0 Å². The van der Waals surface area contributed by atoms with Crippen molar-refractivity contribution in [1.29, 1.82) is 0 Å². The van der Waals surface area contributed by atoms with Crippen LogP contribution in [-0.2, 0) is 19.5 Å². The summed E-state index contributed by atoms with van der Waals surface area (Å²) in [5.41, 5.74) is 4.10. The Kier molecular flexibility index (Phi) is 2.63. The van der Waals surface area contributed by atoms with E-state index in [-0.39, 0.29) is 0 Å². The van der Waals surface area contributed by atoms with Crippen molar-refractivity contribution in [3.8, 4) is 11.4 Å². The summed E-state index contributed by atoms with van der Waals surface area (Å²) in [6.07, 6.45) is 6.87. The molecule has 0 saturated heterocycles. The largest absolute Gasteiger partial charge is 0.277 e. The maximum absolute atomic E-state index is 2.39. The highest BCUT2D eigenvalue weighted by atomic mass is 15.1. The molecule has 0 amide bonds. The Balaban J connectivity index is 2.08. The molecule has 86 valence electrons. The number of nitrogens with zero attached hydrogens (tertiary/aromatic N) is 2. The van der Waals surface area contributed by atoms with Crippen LogP contribution < -0.4 is 9.13 Å². The van der Waals surface area contributed by atoms with Crippen molar-refractivity contribution >= 4 is 0 Å². The summed E-state index contributed by atoms with van der Waals surface area (Å²) in [5.74, 6) is 0. The minimum atomic E-state index is 1.07. The Morgan fingerprint density at radius 1 is 1.00 bits per heavy atom. The zero-order chi connectivity index (χ0) is 11.7. The normalized spacial score (nSPS) is 13.0. The van der Waals surface area contributed by atoms with Crippen molar-refractivity contribution in [2.45, 2.75) is 32.9 Å². The van der Waals surface area contributed by atoms with Gasteiger partial charge in [-0.05, 0) is 18.6 Å². The number of aryl methyl sites for hydroxylation is 3. The number of rotatable bonds is 2. The Hall–Kier alpha value is -1.70. The molecular formula is C15H18N2+2. The molecule has 2 heteroatoms. The first-order valence-corrected chi connectivity index (χ1v) is 6.39. The second-order valence-corrected chi connectivity index (χ2v) is 4.65. The van der Waals surface area contributed by atoms with Gasteiger partial charge in [0.25, 0.3) is 11.4 Å². The standard InChI is InChI=1S/C15H18N2/c1-2-5-13-7-8-15-14-6-3-4-9-16(14)10-11-17(15)12-13/h3-4,6-9,12H,2,5,10-11H2,1H3/q+2. The molecule has 0 saturated carbocycles. The SMILES string of the molecule is CCCc1ccc2[n+](c1)CC[n+]1ccccc1-2. The molecule has 0 radical (unpaired) electrons. The maximum Gasteiger partial charge on any atom is 0.277 e. The highest BCUT2D eigenvalue weighted by Crippen LogP contribution is 2.14. The van der Waals surface area contributed by atoms with Gasteiger partial charge in [-0.3, -0.25) is 0 Å². The van der Waals surface area contributed by atoms with Crippen molar-refractivity contribution in [2.24, 2.45) is 0 Å². The van der Waals surface area contributed by atoms with E-state index in [9.17, 15) is 0 Å². The van der Waals surface area contributed by atoms with Gasteiger partial charge in [-0.15, -0.1) is 0 Å². The zero-order valence-corrected chi connectivity index (χ0v) is 10.3. The van der Waals surface area contributed by atoms with Gasteiger partial charge in [0.15, 0.2) is 12.4 Å². The lowest BCUT2D eigenvalue weighted by molar-refractivity contribution is -0.795. The van der Waals surface area contributed by atoms with Crippen LogP contribution in [0.3, 0.4) is 0 Å². The summed E-state index contributed by atoms with van der Waals surface area (Å²) in [6, 6.07) is 10.9. The Morgan fingerprint density at radius 2 is 1.82 bits per heavy atom. The molecule has 2 nitrogen and oxygen atoms in total. The monoisotopic (exact) mass is 226 g/mol. The topological polar surface area (TPSA) is 7.76 Å². The van der Waals surface area contributed by atoms with Crippen LogP contribution in [0.4, 0.5) is 0 Å². The van der Waals surface area contributed by atoms with Crippen LogP contribution in [0.25, 0.3) is 11.4 Å². The quantitative estimate of drug-likeness (QED) is 0.691. The molecule has 3 heterocycles. The second kappa shape index (κ2) is 4.28.